The van der Waals surface area contributed by atoms with Crippen LogP contribution in [0.15, 0.2) is 47.6 Å². The lowest BCUT2D eigenvalue weighted by atomic mass is 10.1. The number of aliphatic imine (C=N–C) groups is 1. The van der Waals surface area contributed by atoms with Gasteiger partial charge in [-0.1, -0.05) is 29.8 Å². The van der Waals surface area contributed by atoms with Gasteiger partial charge < -0.3 is 15.5 Å². The van der Waals surface area contributed by atoms with Gasteiger partial charge in [-0.15, -0.1) is 0 Å². The van der Waals surface area contributed by atoms with E-state index in [0.29, 0.717) is 12.4 Å². The van der Waals surface area contributed by atoms with E-state index in [-0.39, 0.29) is 11.9 Å². The average molecular weight is 355 g/mol. The molecule has 1 fully saturated rings. The van der Waals surface area contributed by atoms with Crippen molar-refractivity contribution in [1.82, 2.24) is 15.6 Å². The van der Waals surface area contributed by atoms with Crippen molar-refractivity contribution in [3.63, 3.8) is 0 Å². The van der Waals surface area contributed by atoms with Gasteiger partial charge in [0.2, 0.25) is 0 Å². The summed E-state index contributed by atoms with van der Waals surface area (Å²) in [7, 11) is 1.77. The number of benzene rings is 1. The van der Waals surface area contributed by atoms with Gasteiger partial charge in [0.15, 0.2) is 17.6 Å². The van der Waals surface area contributed by atoms with E-state index < -0.39 is 0 Å². The minimum atomic E-state index is -0.270. The Bertz CT molecular complexity index is 761. The summed E-state index contributed by atoms with van der Waals surface area (Å²) >= 11 is 0. The molecule has 2 N–H and O–H groups in total. The fraction of sp³-hybridized carbons (Fsp3) is 0.400. The third-order valence-corrected chi connectivity index (χ3v) is 4.58. The van der Waals surface area contributed by atoms with Gasteiger partial charge in [-0.05, 0) is 37.5 Å². The maximum absolute atomic E-state index is 13.9. The van der Waals surface area contributed by atoms with Gasteiger partial charge in [0.25, 0.3) is 0 Å². The van der Waals surface area contributed by atoms with Crippen LogP contribution in [0, 0.1) is 12.7 Å². The quantitative estimate of drug-likeness (QED) is 0.639. The number of nitrogens with one attached hydrogen (secondary N) is 2. The van der Waals surface area contributed by atoms with Crippen molar-refractivity contribution in [2.75, 3.05) is 31.6 Å². The minimum Gasteiger partial charge on any atom is -0.356 e. The first-order valence-corrected chi connectivity index (χ1v) is 9.04. The molecular formula is C20H26FN5. The summed E-state index contributed by atoms with van der Waals surface area (Å²) in [5.74, 6) is 0.944. The molecule has 5 nitrogen and oxygen atoms in total. The molecule has 1 aliphatic rings. The van der Waals surface area contributed by atoms with E-state index in [2.05, 4.69) is 51.8 Å². The molecule has 0 aliphatic carbocycles. The molecule has 1 aliphatic heterocycles. The van der Waals surface area contributed by atoms with E-state index in [4.69, 9.17) is 0 Å². The number of hydrogen-bond donors (Lipinski definition) is 2. The van der Waals surface area contributed by atoms with Crippen molar-refractivity contribution in [1.29, 1.82) is 0 Å². The van der Waals surface area contributed by atoms with Gasteiger partial charge >= 0.3 is 0 Å². The van der Waals surface area contributed by atoms with Crippen LogP contribution in [0.5, 0.6) is 0 Å². The highest BCUT2D eigenvalue weighted by atomic mass is 19.1. The summed E-state index contributed by atoms with van der Waals surface area (Å²) in [5.41, 5.74) is 2.59. The van der Waals surface area contributed by atoms with Crippen molar-refractivity contribution in [3.05, 3.63) is 59.5 Å². The maximum atomic E-state index is 13.9. The predicted molar refractivity (Wildman–Crippen MR) is 104 cm³/mol. The molecule has 138 valence electrons. The predicted octanol–water partition coefficient (Wildman–Crippen LogP) is 2.52. The van der Waals surface area contributed by atoms with E-state index in [9.17, 15) is 4.39 Å². The van der Waals surface area contributed by atoms with Gasteiger partial charge in [0.1, 0.15) is 0 Å². The van der Waals surface area contributed by atoms with Crippen LogP contribution in [0.1, 0.15) is 17.5 Å². The molecule has 0 saturated carbocycles. The third kappa shape index (κ3) is 4.71. The summed E-state index contributed by atoms with van der Waals surface area (Å²) in [6, 6.07) is 11.8. The number of anilines is 1. The molecule has 1 aromatic carbocycles. The van der Waals surface area contributed by atoms with Gasteiger partial charge in [0.05, 0.1) is 0 Å². The third-order valence-electron chi connectivity index (χ3n) is 4.58. The standard InChI is InChI=1S/C20H26FN5/c1-15-5-3-6-16(13-15)8-11-24-20(22-2)25-17-9-12-26(14-17)19-18(21)7-4-10-23-19/h3-7,10,13,17H,8-9,11-12,14H2,1-2H3,(H2,22,24,25). The molecule has 0 radical (unpaired) electrons. The smallest absolute Gasteiger partial charge is 0.191 e. The topological polar surface area (TPSA) is 52.6 Å². The Morgan fingerprint density at radius 1 is 1.35 bits per heavy atom. The Balaban J connectivity index is 1.47. The highest BCUT2D eigenvalue weighted by Gasteiger charge is 2.25. The second kappa shape index (κ2) is 8.65. The van der Waals surface area contributed by atoms with Crippen LogP contribution in [-0.2, 0) is 6.42 Å². The average Bonchev–Trinajstić information content (AvgIpc) is 3.09. The molecule has 3 rings (SSSR count). The number of pyridine rings is 1. The molecule has 2 heterocycles. The number of hydrogen-bond acceptors (Lipinski definition) is 3. The largest absolute Gasteiger partial charge is 0.356 e. The molecular weight excluding hydrogens is 329 g/mol. The molecule has 1 atom stereocenters. The molecule has 0 amide bonds. The van der Waals surface area contributed by atoms with Crippen molar-refractivity contribution in [3.8, 4) is 0 Å². The molecule has 0 bridgehead atoms. The van der Waals surface area contributed by atoms with Crippen LogP contribution < -0.4 is 15.5 Å². The highest BCUT2D eigenvalue weighted by Crippen LogP contribution is 2.20. The van der Waals surface area contributed by atoms with Crippen LogP contribution in [-0.4, -0.2) is 43.7 Å². The Morgan fingerprint density at radius 3 is 3.00 bits per heavy atom. The monoisotopic (exact) mass is 355 g/mol. The number of nitrogens with zero attached hydrogens (tertiary/aromatic N) is 3. The summed E-state index contributed by atoms with van der Waals surface area (Å²) in [4.78, 5) is 10.4. The second-order valence-corrected chi connectivity index (χ2v) is 6.62. The Labute approximate surface area is 154 Å². The number of halogens is 1. The Kier molecular flexibility index (Phi) is 6.04. The highest BCUT2D eigenvalue weighted by molar-refractivity contribution is 5.80. The number of aromatic nitrogens is 1. The lowest BCUT2D eigenvalue weighted by molar-refractivity contribution is 0.612. The van der Waals surface area contributed by atoms with Crippen molar-refractivity contribution < 1.29 is 4.39 Å². The second-order valence-electron chi connectivity index (χ2n) is 6.62. The van der Waals surface area contributed by atoms with E-state index >= 15 is 0 Å². The van der Waals surface area contributed by atoms with Crippen LogP contribution in [0.4, 0.5) is 10.2 Å². The van der Waals surface area contributed by atoms with Gasteiger partial charge in [-0.3, -0.25) is 4.99 Å². The summed E-state index contributed by atoms with van der Waals surface area (Å²) in [6.45, 7) is 4.42. The molecule has 1 unspecified atom stereocenters. The summed E-state index contributed by atoms with van der Waals surface area (Å²) < 4.78 is 13.9. The van der Waals surface area contributed by atoms with Crippen molar-refractivity contribution >= 4 is 11.8 Å². The molecule has 6 heteroatoms. The Hall–Kier alpha value is -2.63. The zero-order valence-corrected chi connectivity index (χ0v) is 15.4. The van der Waals surface area contributed by atoms with Crippen LogP contribution in [0.2, 0.25) is 0 Å². The lowest BCUT2D eigenvalue weighted by Crippen LogP contribution is -2.45. The summed E-state index contributed by atoms with van der Waals surface area (Å²) in [5, 5.41) is 6.79. The molecule has 1 saturated heterocycles. The van der Waals surface area contributed by atoms with Crippen LogP contribution in [0.25, 0.3) is 0 Å². The molecule has 26 heavy (non-hydrogen) atoms. The van der Waals surface area contributed by atoms with E-state index in [1.54, 1.807) is 19.3 Å². The van der Waals surface area contributed by atoms with Gasteiger partial charge in [-0.2, -0.15) is 0 Å². The van der Waals surface area contributed by atoms with Crippen LogP contribution >= 0.6 is 0 Å². The zero-order chi connectivity index (χ0) is 18.4. The molecule has 1 aromatic heterocycles. The summed E-state index contributed by atoms with van der Waals surface area (Å²) in [6.07, 6.45) is 3.50. The first kappa shape index (κ1) is 18.2. The molecule has 2 aromatic rings. The van der Waals surface area contributed by atoms with Gasteiger partial charge in [-0.25, -0.2) is 9.37 Å². The number of guanidine groups is 1. The van der Waals surface area contributed by atoms with Crippen molar-refractivity contribution in [2.24, 2.45) is 4.99 Å². The maximum Gasteiger partial charge on any atom is 0.191 e. The molecule has 0 spiro atoms. The first-order chi connectivity index (χ1) is 12.7. The number of rotatable bonds is 5. The van der Waals surface area contributed by atoms with E-state index in [0.717, 1.165) is 31.9 Å². The van der Waals surface area contributed by atoms with Crippen molar-refractivity contribution in [2.45, 2.75) is 25.8 Å². The zero-order valence-electron chi connectivity index (χ0n) is 15.4. The number of aryl methyl sites for hydroxylation is 1. The normalized spacial score (nSPS) is 17.4. The van der Waals surface area contributed by atoms with E-state index in [1.165, 1.54) is 17.2 Å². The Morgan fingerprint density at radius 2 is 2.23 bits per heavy atom. The first-order valence-electron chi connectivity index (χ1n) is 9.04. The van der Waals surface area contributed by atoms with E-state index in [1.807, 2.05) is 4.90 Å². The SMILES string of the molecule is CN=C(NCCc1cccc(C)c1)NC1CCN(c2ncccc2F)C1. The fourth-order valence-electron chi connectivity index (χ4n) is 3.26. The fourth-order valence-corrected chi connectivity index (χ4v) is 3.26. The lowest BCUT2D eigenvalue weighted by Gasteiger charge is -2.20. The minimum absolute atomic E-state index is 0.224. The van der Waals surface area contributed by atoms with Crippen LogP contribution in [0.3, 0.4) is 0 Å². The van der Waals surface area contributed by atoms with Gasteiger partial charge in [0, 0.05) is 38.9 Å².